The molecule has 0 aromatic heterocycles. The van der Waals surface area contributed by atoms with Crippen LogP contribution in [0.15, 0.2) is 12.2 Å². The molecule has 0 rings (SSSR count). The van der Waals surface area contributed by atoms with Crippen LogP contribution in [0.2, 0.25) is 0 Å². The normalized spacial score (nSPS) is 13.2. The van der Waals surface area contributed by atoms with Crippen LogP contribution < -0.4 is 10.2 Å². The van der Waals surface area contributed by atoms with Gasteiger partial charge in [-0.15, -0.1) is 0 Å². The number of aliphatic carboxylic acids is 2. The van der Waals surface area contributed by atoms with E-state index in [0.717, 1.165) is 38.5 Å². The highest BCUT2D eigenvalue weighted by atomic mass is 16.4. The molecule has 0 aliphatic carbocycles. The van der Waals surface area contributed by atoms with Crippen molar-refractivity contribution in [1.82, 2.24) is 0 Å². The van der Waals surface area contributed by atoms with E-state index in [1.807, 2.05) is 6.92 Å². The molecule has 0 bridgehead atoms. The number of rotatable bonds is 15. The second kappa shape index (κ2) is 11.8. The number of carboxylic acid groups (broad SMARTS) is 2. The zero-order valence-corrected chi connectivity index (χ0v) is 15.0. The molecule has 0 amide bonds. The highest BCUT2D eigenvalue weighted by Gasteiger charge is 2.37. The lowest BCUT2D eigenvalue weighted by atomic mass is 9.72. The maximum Gasteiger partial charge on any atom is 0.134 e. The van der Waals surface area contributed by atoms with Gasteiger partial charge in [0, 0.05) is 18.3 Å². The van der Waals surface area contributed by atoms with Crippen molar-refractivity contribution in [3.63, 3.8) is 0 Å². The van der Waals surface area contributed by atoms with Gasteiger partial charge in [0.25, 0.3) is 0 Å². The lowest BCUT2D eigenvalue weighted by molar-refractivity contribution is -0.322. The standard InChI is InChI=1S/C19H32O5/c1-4-6-8-10-12-16(20)14-19(18(23)24,15(3)17(21)22)13-11-9-7-5-2/h3-14H2,1-2H3,(H,21,22)(H,23,24)/p-2. The number of carbonyl (C=O) groups excluding carboxylic acids is 3. The molecular weight excluding hydrogens is 308 g/mol. The fourth-order valence-electron chi connectivity index (χ4n) is 2.87. The van der Waals surface area contributed by atoms with Gasteiger partial charge in [-0.3, -0.25) is 4.79 Å². The average Bonchev–Trinajstić information content (AvgIpc) is 2.53. The molecule has 0 radical (unpaired) electrons. The Morgan fingerprint density at radius 1 is 0.875 bits per heavy atom. The van der Waals surface area contributed by atoms with Gasteiger partial charge in [0.2, 0.25) is 0 Å². The third kappa shape index (κ3) is 7.28. The highest BCUT2D eigenvalue weighted by molar-refractivity contribution is 5.97. The lowest BCUT2D eigenvalue weighted by Crippen LogP contribution is -2.49. The molecule has 0 aliphatic rings. The lowest BCUT2D eigenvalue weighted by Gasteiger charge is -2.37. The largest absolute Gasteiger partial charge is 0.549 e. The minimum absolute atomic E-state index is 0.0445. The predicted octanol–water partition coefficient (Wildman–Crippen LogP) is 1.93. The Hall–Kier alpha value is -1.65. The van der Waals surface area contributed by atoms with Crippen molar-refractivity contribution in [3.8, 4) is 0 Å². The highest BCUT2D eigenvalue weighted by Crippen LogP contribution is 2.37. The molecule has 0 aromatic carbocycles. The van der Waals surface area contributed by atoms with Crippen molar-refractivity contribution in [2.45, 2.75) is 84.5 Å². The predicted molar refractivity (Wildman–Crippen MR) is 88.7 cm³/mol. The van der Waals surface area contributed by atoms with Crippen LogP contribution in [0.5, 0.6) is 0 Å². The van der Waals surface area contributed by atoms with Crippen LogP contribution in [0.25, 0.3) is 0 Å². The third-order valence-electron chi connectivity index (χ3n) is 4.48. The van der Waals surface area contributed by atoms with E-state index in [2.05, 4.69) is 13.5 Å². The van der Waals surface area contributed by atoms with Gasteiger partial charge in [-0.25, -0.2) is 0 Å². The number of unbranched alkanes of at least 4 members (excludes halogenated alkanes) is 6. The van der Waals surface area contributed by atoms with Crippen LogP contribution in [0.1, 0.15) is 84.5 Å². The average molecular weight is 338 g/mol. The molecular formula is C19H30O5-2. The van der Waals surface area contributed by atoms with Gasteiger partial charge in [0.05, 0.1) is 11.9 Å². The summed E-state index contributed by atoms with van der Waals surface area (Å²) in [7, 11) is 0. The molecule has 5 nitrogen and oxygen atoms in total. The number of ketones is 1. The summed E-state index contributed by atoms with van der Waals surface area (Å²) >= 11 is 0. The summed E-state index contributed by atoms with van der Waals surface area (Å²) < 4.78 is 0. The molecule has 0 fully saturated rings. The van der Waals surface area contributed by atoms with Crippen molar-refractivity contribution >= 4 is 17.7 Å². The molecule has 0 heterocycles. The van der Waals surface area contributed by atoms with Crippen molar-refractivity contribution in [2.24, 2.45) is 5.41 Å². The van der Waals surface area contributed by atoms with Crippen LogP contribution >= 0.6 is 0 Å². The molecule has 1 atom stereocenters. The first kappa shape index (κ1) is 22.4. The number of carboxylic acids is 2. The molecule has 0 saturated heterocycles. The van der Waals surface area contributed by atoms with Crippen LogP contribution in [-0.4, -0.2) is 17.7 Å². The van der Waals surface area contributed by atoms with Gasteiger partial charge in [0.1, 0.15) is 5.78 Å². The number of carbonyl (C=O) groups is 3. The fourth-order valence-corrected chi connectivity index (χ4v) is 2.87. The Morgan fingerprint density at radius 2 is 1.42 bits per heavy atom. The Labute approximate surface area is 145 Å². The van der Waals surface area contributed by atoms with Gasteiger partial charge in [-0.2, -0.15) is 0 Å². The molecule has 1 unspecified atom stereocenters. The Kier molecular flexibility index (Phi) is 11.0. The van der Waals surface area contributed by atoms with Crippen LogP contribution in [-0.2, 0) is 14.4 Å². The van der Waals surface area contributed by atoms with E-state index >= 15 is 0 Å². The fraction of sp³-hybridized carbons (Fsp3) is 0.737. The minimum Gasteiger partial charge on any atom is -0.549 e. The summed E-state index contributed by atoms with van der Waals surface area (Å²) in [4.78, 5) is 35.1. The molecule has 0 aromatic rings. The Morgan fingerprint density at radius 3 is 1.88 bits per heavy atom. The van der Waals surface area contributed by atoms with Crippen LogP contribution in [0.3, 0.4) is 0 Å². The first-order valence-corrected chi connectivity index (χ1v) is 8.95. The summed E-state index contributed by atoms with van der Waals surface area (Å²) in [5.41, 5.74) is -2.41. The van der Waals surface area contributed by atoms with E-state index in [4.69, 9.17) is 0 Å². The summed E-state index contributed by atoms with van der Waals surface area (Å²) in [5.74, 6) is -3.43. The summed E-state index contributed by atoms with van der Waals surface area (Å²) in [6.45, 7) is 7.45. The topological polar surface area (TPSA) is 97.3 Å². The molecule has 0 saturated carbocycles. The van der Waals surface area contributed by atoms with E-state index < -0.39 is 22.9 Å². The summed E-state index contributed by atoms with van der Waals surface area (Å²) in [5, 5.41) is 22.9. The Bertz CT molecular complexity index is 441. The van der Waals surface area contributed by atoms with Crippen molar-refractivity contribution < 1.29 is 24.6 Å². The number of hydrogen-bond acceptors (Lipinski definition) is 5. The molecule has 0 N–H and O–H groups in total. The zero-order chi connectivity index (χ0) is 18.6. The van der Waals surface area contributed by atoms with Gasteiger partial charge in [0.15, 0.2) is 0 Å². The Balaban J connectivity index is 5.06. The first-order chi connectivity index (χ1) is 11.3. The van der Waals surface area contributed by atoms with Gasteiger partial charge >= 0.3 is 0 Å². The van der Waals surface area contributed by atoms with Gasteiger partial charge in [-0.1, -0.05) is 65.4 Å². The second-order valence-electron chi connectivity index (χ2n) is 6.47. The summed E-state index contributed by atoms with van der Waals surface area (Å²) in [6.07, 6.45) is 6.74. The quantitative estimate of drug-likeness (QED) is 0.336. The van der Waals surface area contributed by atoms with Crippen molar-refractivity contribution in [1.29, 1.82) is 0 Å². The maximum atomic E-state index is 12.2. The molecule has 138 valence electrons. The molecule has 0 aliphatic heterocycles. The van der Waals surface area contributed by atoms with Gasteiger partial charge in [-0.05, 0) is 18.4 Å². The molecule has 0 spiro atoms. The van der Waals surface area contributed by atoms with E-state index in [-0.39, 0.29) is 25.0 Å². The van der Waals surface area contributed by atoms with E-state index in [9.17, 15) is 24.6 Å². The molecule has 24 heavy (non-hydrogen) atoms. The number of hydrogen-bond donors (Lipinski definition) is 0. The van der Waals surface area contributed by atoms with E-state index in [1.54, 1.807) is 0 Å². The van der Waals surface area contributed by atoms with E-state index in [0.29, 0.717) is 12.8 Å². The van der Waals surface area contributed by atoms with E-state index in [1.165, 1.54) is 0 Å². The first-order valence-electron chi connectivity index (χ1n) is 8.95. The summed E-state index contributed by atoms with van der Waals surface area (Å²) in [6, 6.07) is 0. The van der Waals surface area contributed by atoms with Crippen molar-refractivity contribution in [2.75, 3.05) is 0 Å². The monoisotopic (exact) mass is 338 g/mol. The second-order valence-corrected chi connectivity index (χ2v) is 6.47. The zero-order valence-electron chi connectivity index (χ0n) is 15.0. The minimum atomic E-state index is -1.85. The number of Topliss-reactive ketones (excluding diaryl/α,β-unsaturated/α-hetero) is 1. The third-order valence-corrected chi connectivity index (χ3v) is 4.48. The van der Waals surface area contributed by atoms with Crippen molar-refractivity contribution in [3.05, 3.63) is 12.2 Å². The van der Waals surface area contributed by atoms with Gasteiger partial charge < -0.3 is 19.8 Å². The molecule has 5 heteroatoms. The van der Waals surface area contributed by atoms with Crippen LogP contribution in [0.4, 0.5) is 0 Å². The maximum absolute atomic E-state index is 12.2. The SMILES string of the molecule is C=C(C(=O)[O-])C(CCCCCC)(CC(=O)CCCCCC)C(=O)[O-]. The van der Waals surface area contributed by atoms with Crippen LogP contribution in [0, 0.1) is 5.41 Å². The smallest absolute Gasteiger partial charge is 0.134 e.